The molecule has 0 aliphatic carbocycles. The van der Waals surface area contributed by atoms with Crippen molar-refractivity contribution in [1.29, 1.82) is 0 Å². The average molecular weight is 232 g/mol. The predicted octanol–water partition coefficient (Wildman–Crippen LogP) is 3.27. The minimum Gasteiger partial charge on any atom is -0.411 e. The highest BCUT2D eigenvalue weighted by atomic mass is 16.4. The van der Waals surface area contributed by atoms with Crippen LogP contribution in [0.25, 0.3) is 0 Å². The first kappa shape index (κ1) is 12.0. The Morgan fingerprint density at radius 2 is 2.18 bits per heavy atom. The van der Waals surface area contributed by atoms with Gasteiger partial charge in [0.1, 0.15) is 0 Å². The zero-order valence-corrected chi connectivity index (χ0v) is 10.4. The molecule has 0 aromatic heterocycles. The highest BCUT2D eigenvalue weighted by Gasteiger charge is 2.18. The molecule has 0 saturated carbocycles. The van der Waals surface area contributed by atoms with Crippen molar-refractivity contribution in [3.63, 3.8) is 0 Å². The molecular weight excluding hydrogens is 212 g/mol. The molecule has 3 nitrogen and oxygen atoms in total. The number of para-hydroxylation sites is 1. The second-order valence-corrected chi connectivity index (χ2v) is 4.51. The van der Waals surface area contributed by atoms with Gasteiger partial charge in [0.15, 0.2) is 0 Å². The van der Waals surface area contributed by atoms with Crippen LogP contribution in [0.1, 0.15) is 38.2 Å². The molecule has 0 radical (unpaired) electrons. The molecule has 0 atom stereocenters. The Labute approximate surface area is 103 Å². The van der Waals surface area contributed by atoms with Gasteiger partial charge in [-0.3, -0.25) is 0 Å². The molecule has 2 rings (SSSR count). The van der Waals surface area contributed by atoms with Gasteiger partial charge in [-0.1, -0.05) is 36.7 Å². The summed E-state index contributed by atoms with van der Waals surface area (Å²) in [6.07, 6.45) is 4.33. The maximum absolute atomic E-state index is 9.09. The molecule has 0 spiro atoms. The maximum Gasteiger partial charge on any atom is 0.0889 e. The molecule has 17 heavy (non-hydrogen) atoms. The lowest BCUT2D eigenvalue weighted by atomic mass is 10.1. The molecule has 0 bridgehead atoms. The van der Waals surface area contributed by atoms with E-state index in [1.165, 1.54) is 18.5 Å². The lowest BCUT2D eigenvalue weighted by molar-refractivity contribution is 0.318. The third kappa shape index (κ3) is 2.60. The van der Waals surface area contributed by atoms with E-state index in [1.54, 1.807) is 0 Å². The van der Waals surface area contributed by atoms with E-state index in [-0.39, 0.29) is 0 Å². The van der Waals surface area contributed by atoms with Crippen LogP contribution in [-0.2, 0) is 0 Å². The molecule has 3 heteroatoms. The molecule has 1 heterocycles. The lowest BCUT2D eigenvalue weighted by Crippen LogP contribution is -2.25. The molecule has 1 aliphatic heterocycles. The molecule has 1 aromatic rings. The highest BCUT2D eigenvalue weighted by molar-refractivity contribution is 6.05. The monoisotopic (exact) mass is 232 g/mol. The van der Waals surface area contributed by atoms with Crippen molar-refractivity contribution in [2.75, 3.05) is 18.0 Å². The zero-order chi connectivity index (χ0) is 12.1. The summed E-state index contributed by atoms with van der Waals surface area (Å²) in [5, 5.41) is 12.5. The number of unbranched alkanes of at least 4 members (excludes halogenated alkanes) is 1. The van der Waals surface area contributed by atoms with Crippen LogP contribution in [0, 0.1) is 0 Å². The largest absolute Gasteiger partial charge is 0.411 e. The summed E-state index contributed by atoms with van der Waals surface area (Å²) < 4.78 is 0. The van der Waals surface area contributed by atoms with Gasteiger partial charge in [-0.15, -0.1) is 0 Å². The van der Waals surface area contributed by atoms with Crippen molar-refractivity contribution in [3.05, 3.63) is 29.8 Å². The molecular formula is C14H20N2O. The molecule has 1 aromatic carbocycles. The van der Waals surface area contributed by atoms with Gasteiger partial charge in [0.05, 0.1) is 5.71 Å². The van der Waals surface area contributed by atoms with Gasteiger partial charge in [0.2, 0.25) is 0 Å². The Balaban J connectivity index is 2.32. The molecule has 0 saturated heterocycles. The van der Waals surface area contributed by atoms with Crippen LogP contribution in [0.5, 0.6) is 0 Å². The quantitative estimate of drug-likeness (QED) is 0.641. The van der Waals surface area contributed by atoms with E-state index in [4.69, 9.17) is 5.21 Å². The van der Waals surface area contributed by atoms with Crippen LogP contribution < -0.4 is 4.90 Å². The van der Waals surface area contributed by atoms with Gasteiger partial charge in [-0.25, -0.2) is 0 Å². The van der Waals surface area contributed by atoms with E-state index in [1.807, 2.05) is 6.07 Å². The fraction of sp³-hybridized carbons (Fsp3) is 0.500. The molecule has 0 unspecified atom stereocenters. The van der Waals surface area contributed by atoms with Crippen LogP contribution >= 0.6 is 0 Å². The zero-order valence-electron chi connectivity index (χ0n) is 10.4. The Kier molecular flexibility index (Phi) is 4.02. The molecule has 1 N–H and O–H groups in total. The Hall–Kier alpha value is -1.51. The first-order valence-electron chi connectivity index (χ1n) is 6.42. The Morgan fingerprint density at radius 3 is 2.94 bits per heavy atom. The standard InChI is InChI=1S/C14H20N2O/c1-2-3-10-16-11-6-8-13(15-17)12-7-4-5-9-14(12)16/h4-5,7,9,17H,2-3,6,8,10-11H2,1H3/b15-13-. The summed E-state index contributed by atoms with van der Waals surface area (Å²) in [7, 11) is 0. The molecule has 0 fully saturated rings. The number of fused-ring (bicyclic) bond motifs is 1. The van der Waals surface area contributed by atoms with Gasteiger partial charge in [-0.05, 0) is 25.3 Å². The number of anilines is 1. The van der Waals surface area contributed by atoms with Crippen LogP contribution in [-0.4, -0.2) is 24.0 Å². The maximum atomic E-state index is 9.09. The molecule has 0 amide bonds. The number of hydrogen-bond donors (Lipinski definition) is 1. The summed E-state index contributed by atoms with van der Waals surface area (Å²) in [4.78, 5) is 2.41. The van der Waals surface area contributed by atoms with Crippen molar-refractivity contribution in [2.24, 2.45) is 5.16 Å². The number of rotatable bonds is 3. The SMILES string of the molecule is CCCCN1CCC/C(=N/O)c2ccccc21. The minimum atomic E-state index is 0.819. The van der Waals surface area contributed by atoms with Crippen molar-refractivity contribution < 1.29 is 5.21 Å². The van der Waals surface area contributed by atoms with Crippen molar-refractivity contribution >= 4 is 11.4 Å². The number of hydrogen-bond acceptors (Lipinski definition) is 3. The number of nitrogens with zero attached hydrogens (tertiary/aromatic N) is 2. The van der Waals surface area contributed by atoms with E-state index in [9.17, 15) is 0 Å². The van der Waals surface area contributed by atoms with Gasteiger partial charge in [0.25, 0.3) is 0 Å². The van der Waals surface area contributed by atoms with E-state index < -0.39 is 0 Å². The third-order valence-electron chi connectivity index (χ3n) is 3.30. The van der Waals surface area contributed by atoms with Gasteiger partial charge < -0.3 is 10.1 Å². The Bertz CT molecular complexity index is 401. The lowest BCUT2D eigenvalue weighted by Gasteiger charge is -2.24. The summed E-state index contributed by atoms with van der Waals surface area (Å²) in [6.45, 7) is 4.35. The Morgan fingerprint density at radius 1 is 1.35 bits per heavy atom. The topological polar surface area (TPSA) is 35.8 Å². The summed E-state index contributed by atoms with van der Waals surface area (Å²) in [5.41, 5.74) is 3.12. The van der Waals surface area contributed by atoms with Crippen molar-refractivity contribution in [2.45, 2.75) is 32.6 Å². The van der Waals surface area contributed by atoms with E-state index >= 15 is 0 Å². The first-order chi connectivity index (χ1) is 8.36. The molecule has 1 aliphatic rings. The highest BCUT2D eigenvalue weighted by Crippen LogP contribution is 2.26. The fourth-order valence-electron chi connectivity index (χ4n) is 2.37. The second kappa shape index (κ2) is 5.71. The summed E-state index contributed by atoms with van der Waals surface area (Å²) in [6, 6.07) is 8.24. The van der Waals surface area contributed by atoms with Crippen LogP contribution in [0.3, 0.4) is 0 Å². The molecule has 92 valence electrons. The van der Waals surface area contributed by atoms with Crippen molar-refractivity contribution in [1.82, 2.24) is 0 Å². The fourth-order valence-corrected chi connectivity index (χ4v) is 2.37. The second-order valence-electron chi connectivity index (χ2n) is 4.51. The average Bonchev–Trinajstić information content (AvgIpc) is 2.55. The van der Waals surface area contributed by atoms with E-state index in [0.717, 1.165) is 37.2 Å². The van der Waals surface area contributed by atoms with Crippen LogP contribution in [0.2, 0.25) is 0 Å². The van der Waals surface area contributed by atoms with E-state index in [2.05, 4.69) is 35.2 Å². The first-order valence-corrected chi connectivity index (χ1v) is 6.42. The smallest absolute Gasteiger partial charge is 0.0889 e. The van der Waals surface area contributed by atoms with Gasteiger partial charge >= 0.3 is 0 Å². The summed E-state index contributed by atoms with van der Waals surface area (Å²) >= 11 is 0. The predicted molar refractivity (Wildman–Crippen MR) is 71.1 cm³/mol. The number of oxime groups is 1. The number of benzene rings is 1. The van der Waals surface area contributed by atoms with Gasteiger partial charge in [-0.2, -0.15) is 0 Å². The summed E-state index contributed by atoms with van der Waals surface area (Å²) in [5.74, 6) is 0. The van der Waals surface area contributed by atoms with E-state index in [0.29, 0.717) is 0 Å². The van der Waals surface area contributed by atoms with Gasteiger partial charge in [0, 0.05) is 24.3 Å². The van der Waals surface area contributed by atoms with Crippen LogP contribution in [0.15, 0.2) is 29.4 Å². The minimum absolute atomic E-state index is 0.819. The van der Waals surface area contributed by atoms with Crippen LogP contribution in [0.4, 0.5) is 5.69 Å². The normalized spacial score (nSPS) is 17.9. The van der Waals surface area contributed by atoms with Crippen molar-refractivity contribution in [3.8, 4) is 0 Å². The third-order valence-corrected chi connectivity index (χ3v) is 3.30.